The predicted molar refractivity (Wildman–Crippen MR) is 36.1 cm³/mol. The van der Waals surface area contributed by atoms with Gasteiger partial charge in [0.2, 0.25) is 0 Å². The van der Waals surface area contributed by atoms with Crippen molar-refractivity contribution >= 4 is 0 Å². The first-order valence-electron chi connectivity index (χ1n) is 3.02. The molecule has 0 fully saturated rings. The van der Waals surface area contributed by atoms with Crippen molar-refractivity contribution < 1.29 is 46.5 Å². The van der Waals surface area contributed by atoms with Crippen LogP contribution in [0.3, 0.4) is 0 Å². The molecule has 0 unspecified atom stereocenters. The molecule has 11 heavy (non-hydrogen) atoms. The summed E-state index contributed by atoms with van der Waals surface area (Å²) >= 11 is 0. The van der Waals surface area contributed by atoms with Crippen molar-refractivity contribution in [2.75, 3.05) is 0 Å². The van der Waals surface area contributed by atoms with Crippen LogP contribution in [0.5, 0.6) is 0 Å². The molecule has 61 valence electrons. The zero-order valence-corrected chi connectivity index (χ0v) is 9.72. The minimum Gasteiger partial charge on any atom is -1.00 e. The van der Waals surface area contributed by atoms with Crippen LogP contribution in [0, 0.1) is 0 Å². The Balaban J connectivity index is -0.000000213. The molecule has 0 bridgehead atoms. The van der Waals surface area contributed by atoms with Crippen molar-refractivity contribution in [3.05, 3.63) is 29.8 Å². The molecule has 0 aliphatic rings. The first-order chi connectivity index (χ1) is 3.80. The van der Waals surface area contributed by atoms with Crippen LogP contribution in [0.25, 0.3) is 0 Å². The summed E-state index contributed by atoms with van der Waals surface area (Å²) in [6, 6.07) is 8.47. The molecule has 0 amide bonds. The first-order valence-corrected chi connectivity index (χ1v) is 3.02. The van der Waals surface area contributed by atoms with E-state index in [9.17, 15) is 0 Å². The summed E-state index contributed by atoms with van der Waals surface area (Å²) in [7, 11) is 0. The van der Waals surface area contributed by atoms with E-state index in [2.05, 4.69) is 38.1 Å². The maximum absolute atomic E-state index is 2.20. The van der Waals surface area contributed by atoms with Crippen molar-refractivity contribution in [1.82, 2.24) is 0 Å². The van der Waals surface area contributed by atoms with Crippen molar-refractivity contribution in [3.8, 4) is 0 Å². The zero-order chi connectivity index (χ0) is 5.98. The van der Waals surface area contributed by atoms with Crippen LogP contribution in [0.15, 0.2) is 24.3 Å². The van der Waals surface area contributed by atoms with E-state index in [4.69, 9.17) is 0 Å². The predicted octanol–water partition coefficient (Wildman–Crippen LogP) is -3.47. The third-order valence-corrected chi connectivity index (χ3v) is 1.36. The Labute approximate surface area is 95.8 Å². The Hall–Kier alpha value is 0.644. The molecular weight excluding hydrogens is 215 g/mol. The molecular formula is C8H11Cl2Ti. The topological polar surface area (TPSA) is 0 Å². The second-order valence-corrected chi connectivity index (χ2v) is 2.37. The molecule has 1 radical (unpaired) electrons. The van der Waals surface area contributed by atoms with Crippen LogP contribution >= 0.6 is 0 Å². The molecule has 0 N–H and O–H groups in total. The Kier molecular flexibility index (Phi) is 14.0. The minimum absolute atomic E-state index is 0. The number of halogens is 2. The summed E-state index contributed by atoms with van der Waals surface area (Å²) in [4.78, 5) is 0. The van der Waals surface area contributed by atoms with Crippen molar-refractivity contribution in [2.45, 2.75) is 19.8 Å². The molecule has 0 saturated carbocycles. The quantitative estimate of drug-likeness (QED) is 0.345. The normalized spacial score (nSPS) is 7.55. The van der Waals surface area contributed by atoms with Crippen LogP contribution in [-0.4, -0.2) is 0 Å². The molecule has 0 spiro atoms. The Morgan fingerprint density at radius 1 is 1.27 bits per heavy atom. The van der Waals surface area contributed by atoms with Gasteiger partial charge in [-0.15, -0.1) is 0 Å². The number of rotatable bonds is 1. The monoisotopic (exact) mass is 225 g/mol. The summed E-state index contributed by atoms with van der Waals surface area (Å²) in [5.41, 5.74) is 1.44. The van der Waals surface area contributed by atoms with Gasteiger partial charge in [-0.25, -0.2) is 6.07 Å². The van der Waals surface area contributed by atoms with Crippen molar-refractivity contribution in [3.63, 3.8) is 0 Å². The van der Waals surface area contributed by atoms with Gasteiger partial charge in [-0.1, -0.05) is 19.8 Å². The minimum atomic E-state index is 0. The van der Waals surface area contributed by atoms with Gasteiger partial charge in [-0.3, -0.25) is 0 Å². The largest absolute Gasteiger partial charge is 3.00 e. The van der Waals surface area contributed by atoms with Crippen LogP contribution in [0.1, 0.15) is 25.3 Å². The van der Waals surface area contributed by atoms with E-state index in [-0.39, 0.29) is 46.5 Å². The molecule has 3 heteroatoms. The second kappa shape index (κ2) is 8.74. The fourth-order valence-electron chi connectivity index (χ4n) is 0.774. The summed E-state index contributed by atoms with van der Waals surface area (Å²) in [5, 5.41) is 0. The van der Waals surface area contributed by atoms with Gasteiger partial charge in [0.05, 0.1) is 0 Å². The molecule has 0 aliphatic carbocycles. The fraction of sp³-hybridized carbons (Fsp3) is 0.375. The van der Waals surface area contributed by atoms with E-state index >= 15 is 0 Å². The maximum Gasteiger partial charge on any atom is 3.00 e. The standard InChI is InChI=1S/C8H11.2ClH.Ti/c1-7(2)8-5-3-4-6-8;;;/h3-7H,1-2H3;2*1H;/q-1;;;+3/p-2. The first kappa shape index (κ1) is 17.7. The van der Waals surface area contributed by atoms with Gasteiger partial charge >= 0.3 is 21.7 Å². The van der Waals surface area contributed by atoms with Gasteiger partial charge in [0.15, 0.2) is 0 Å². The SMILES string of the molecule is CC(C)c1cc[cH-]c1.[Cl-].[Cl-].[Ti+3]. The molecule has 1 aromatic rings. The average Bonchev–Trinajstić information content (AvgIpc) is 2.12. The third kappa shape index (κ3) is 5.87. The molecule has 0 heterocycles. The van der Waals surface area contributed by atoms with Crippen LogP contribution in [0.2, 0.25) is 0 Å². The van der Waals surface area contributed by atoms with Crippen LogP contribution in [-0.2, 0) is 21.7 Å². The van der Waals surface area contributed by atoms with Gasteiger partial charge < -0.3 is 24.8 Å². The van der Waals surface area contributed by atoms with Gasteiger partial charge in [-0.05, 0) is 0 Å². The van der Waals surface area contributed by atoms with Gasteiger partial charge in [0.1, 0.15) is 0 Å². The van der Waals surface area contributed by atoms with Gasteiger partial charge in [0, 0.05) is 0 Å². The van der Waals surface area contributed by atoms with E-state index in [0.29, 0.717) is 5.92 Å². The number of hydrogen-bond donors (Lipinski definition) is 0. The molecule has 1 aromatic carbocycles. The Morgan fingerprint density at radius 2 is 1.82 bits per heavy atom. The van der Waals surface area contributed by atoms with Crippen molar-refractivity contribution in [1.29, 1.82) is 0 Å². The third-order valence-electron chi connectivity index (χ3n) is 1.36. The summed E-state index contributed by atoms with van der Waals surface area (Å²) in [5.74, 6) is 0.685. The summed E-state index contributed by atoms with van der Waals surface area (Å²) in [6.07, 6.45) is 0. The number of hydrogen-bond acceptors (Lipinski definition) is 0. The molecule has 1 rings (SSSR count). The molecule has 0 atom stereocenters. The Morgan fingerprint density at radius 3 is 2.00 bits per heavy atom. The molecule has 0 saturated heterocycles. The van der Waals surface area contributed by atoms with E-state index in [1.165, 1.54) is 5.56 Å². The summed E-state index contributed by atoms with van der Waals surface area (Å²) in [6.45, 7) is 4.41. The zero-order valence-electron chi connectivity index (χ0n) is 6.64. The smallest absolute Gasteiger partial charge is 1.00 e. The Bertz CT molecular complexity index is 147. The average molecular weight is 226 g/mol. The second-order valence-electron chi connectivity index (χ2n) is 2.37. The van der Waals surface area contributed by atoms with Gasteiger partial charge in [0.25, 0.3) is 0 Å². The molecule has 0 nitrogen and oxygen atoms in total. The van der Waals surface area contributed by atoms with Crippen LogP contribution in [0.4, 0.5) is 0 Å². The van der Waals surface area contributed by atoms with Gasteiger partial charge in [-0.2, -0.15) is 23.8 Å². The molecule has 0 aliphatic heterocycles. The fourth-order valence-corrected chi connectivity index (χ4v) is 0.774. The van der Waals surface area contributed by atoms with Crippen LogP contribution < -0.4 is 24.8 Å². The van der Waals surface area contributed by atoms with E-state index < -0.39 is 0 Å². The van der Waals surface area contributed by atoms with E-state index in [1.54, 1.807) is 0 Å². The van der Waals surface area contributed by atoms with E-state index in [1.807, 2.05) is 0 Å². The van der Waals surface area contributed by atoms with E-state index in [0.717, 1.165) is 0 Å². The molecule has 0 aromatic heterocycles. The maximum atomic E-state index is 2.20. The summed E-state index contributed by atoms with van der Waals surface area (Å²) < 4.78 is 0. The van der Waals surface area contributed by atoms with Crippen molar-refractivity contribution in [2.24, 2.45) is 0 Å².